The summed E-state index contributed by atoms with van der Waals surface area (Å²) in [5.41, 5.74) is 0.822. The summed E-state index contributed by atoms with van der Waals surface area (Å²) in [7, 11) is 0. The molecular weight excluding hydrogens is 281 g/mol. The van der Waals surface area contributed by atoms with Gasteiger partial charge in [0.25, 0.3) is 0 Å². The minimum absolute atomic E-state index is 0.0986. The van der Waals surface area contributed by atoms with Gasteiger partial charge in [0.1, 0.15) is 5.82 Å². The van der Waals surface area contributed by atoms with Gasteiger partial charge in [-0.15, -0.1) is 0 Å². The molecule has 0 radical (unpaired) electrons. The van der Waals surface area contributed by atoms with Gasteiger partial charge in [-0.3, -0.25) is 0 Å². The summed E-state index contributed by atoms with van der Waals surface area (Å²) in [6.45, 7) is 3.14. The average molecular weight is 300 g/mol. The molecule has 1 N–H and O–H groups in total. The van der Waals surface area contributed by atoms with Crippen LogP contribution in [0.5, 0.6) is 0 Å². The lowest BCUT2D eigenvalue weighted by atomic mass is 10.0. The van der Waals surface area contributed by atoms with E-state index < -0.39 is 0 Å². The summed E-state index contributed by atoms with van der Waals surface area (Å²) in [5.74, 6) is 0.726. The molecule has 1 fully saturated rings. The van der Waals surface area contributed by atoms with Crippen LogP contribution in [0, 0.1) is 11.7 Å². The molecule has 0 spiro atoms. The lowest BCUT2D eigenvalue weighted by Crippen LogP contribution is -2.31. The number of nitrogens with one attached hydrogen (secondary N) is 1. The Morgan fingerprint density at radius 2 is 2.24 bits per heavy atom. The maximum absolute atomic E-state index is 13.8. The summed E-state index contributed by atoms with van der Waals surface area (Å²) in [6.07, 6.45) is 4.52. The van der Waals surface area contributed by atoms with Crippen LogP contribution in [0.1, 0.15) is 31.7 Å². The first-order chi connectivity index (χ1) is 8.22. The monoisotopic (exact) mass is 299 g/mol. The van der Waals surface area contributed by atoms with E-state index >= 15 is 0 Å². The minimum Gasteiger partial charge on any atom is -0.314 e. The third-order valence-corrected chi connectivity index (χ3v) is 4.03. The van der Waals surface area contributed by atoms with Crippen molar-refractivity contribution < 1.29 is 4.39 Å². The van der Waals surface area contributed by atoms with E-state index in [9.17, 15) is 4.39 Å². The SMILES string of the molecule is CCNC(CCc1cccc(Br)c1F)C1CC1. The van der Waals surface area contributed by atoms with Gasteiger partial charge in [0.15, 0.2) is 0 Å². The van der Waals surface area contributed by atoms with Crippen molar-refractivity contribution in [3.63, 3.8) is 0 Å². The fourth-order valence-corrected chi connectivity index (χ4v) is 2.73. The van der Waals surface area contributed by atoms with Gasteiger partial charge in [0, 0.05) is 6.04 Å². The van der Waals surface area contributed by atoms with Gasteiger partial charge >= 0.3 is 0 Å². The quantitative estimate of drug-likeness (QED) is 0.840. The Kier molecular flexibility index (Phi) is 4.57. The maximum atomic E-state index is 13.8. The first kappa shape index (κ1) is 13.0. The Morgan fingerprint density at radius 3 is 2.88 bits per heavy atom. The van der Waals surface area contributed by atoms with Gasteiger partial charge in [-0.25, -0.2) is 4.39 Å². The van der Waals surface area contributed by atoms with E-state index in [4.69, 9.17) is 0 Å². The fraction of sp³-hybridized carbons (Fsp3) is 0.571. The van der Waals surface area contributed by atoms with Crippen molar-refractivity contribution in [2.24, 2.45) is 5.92 Å². The number of hydrogen-bond donors (Lipinski definition) is 1. The molecule has 0 heterocycles. The van der Waals surface area contributed by atoms with Crippen LogP contribution in [-0.2, 0) is 6.42 Å². The van der Waals surface area contributed by atoms with Crippen molar-refractivity contribution in [2.45, 2.75) is 38.6 Å². The van der Waals surface area contributed by atoms with E-state index in [-0.39, 0.29) is 5.82 Å². The predicted octanol–water partition coefficient (Wildman–Crippen LogP) is 3.91. The zero-order valence-corrected chi connectivity index (χ0v) is 11.8. The van der Waals surface area contributed by atoms with E-state index in [1.807, 2.05) is 12.1 Å². The normalized spacial score (nSPS) is 17.1. The van der Waals surface area contributed by atoms with Gasteiger partial charge in [-0.05, 0) is 65.7 Å². The summed E-state index contributed by atoms with van der Waals surface area (Å²) >= 11 is 3.23. The summed E-state index contributed by atoms with van der Waals surface area (Å²) in [6, 6.07) is 6.11. The number of hydrogen-bond acceptors (Lipinski definition) is 1. The van der Waals surface area contributed by atoms with Crippen LogP contribution in [0.3, 0.4) is 0 Å². The number of rotatable bonds is 6. The molecule has 1 aromatic rings. The first-order valence-corrected chi connectivity index (χ1v) is 7.18. The highest BCUT2D eigenvalue weighted by molar-refractivity contribution is 9.10. The standard InChI is InChI=1S/C14H19BrFN/c1-2-17-13(10-6-7-10)9-8-11-4-3-5-12(15)14(11)16/h3-5,10,13,17H,2,6-9H2,1H3. The number of benzene rings is 1. The Balaban J connectivity index is 1.93. The molecule has 1 nitrogen and oxygen atoms in total. The molecule has 1 aliphatic carbocycles. The number of halogens is 2. The summed E-state index contributed by atoms with van der Waals surface area (Å²) in [4.78, 5) is 0. The third-order valence-electron chi connectivity index (χ3n) is 3.41. The minimum atomic E-state index is -0.0986. The van der Waals surface area contributed by atoms with Crippen LogP contribution in [0.4, 0.5) is 4.39 Å². The van der Waals surface area contributed by atoms with Crippen molar-refractivity contribution in [3.05, 3.63) is 34.1 Å². The second kappa shape index (κ2) is 5.96. The van der Waals surface area contributed by atoms with Crippen molar-refractivity contribution in [1.29, 1.82) is 0 Å². The van der Waals surface area contributed by atoms with Crippen LogP contribution < -0.4 is 5.32 Å². The molecule has 0 aliphatic heterocycles. The predicted molar refractivity (Wildman–Crippen MR) is 72.6 cm³/mol. The Bertz CT molecular complexity index is 376. The fourth-order valence-electron chi connectivity index (χ4n) is 2.32. The zero-order valence-electron chi connectivity index (χ0n) is 10.2. The average Bonchev–Trinajstić information content (AvgIpc) is 3.13. The lowest BCUT2D eigenvalue weighted by molar-refractivity contribution is 0.442. The topological polar surface area (TPSA) is 12.0 Å². The highest BCUT2D eigenvalue weighted by atomic mass is 79.9. The molecule has 94 valence electrons. The molecule has 1 aliphatic rings. The summed E-state index contributed by atoms with van der Waals surface area (Å²) < 4.78 is 14.4. The van der Waals surface area contributed by atoms with Gasteiger partial charge in [0.05, 0.1) is 4.47 Å². The third kappa shape index (κ3) is 3.52. The second-order valence-electron chi connectivity index (χ2n) is 4.75. The van der Waals surface area contributed by atoms with Gasteiger partial charge in [0.2, 0.25) is 0 Å². The second-order valence-corrected chi connectivity index (χ2v) is 5.61. The van der Waals surface area contributed by atoms with Crippen LogP contribution in [0.15, 0.2) is 22.7 Å². The van der Waals surface area contributed by atoms with E-state index in [1.165, 1.54) is 12.8 Å². The van der Waals surface area contributed by atoms with E-state index in [2.05, 4.69) is 28.2 Å². The van der Waals surface area contributed by atoms with Gasteiger partial charge < -0.3 is 5.32 Å². The molecule has 17 heavy (non-hydrogen) atoms. The largest absolute Gasteiger partial charge is 0.314 e. The van der Waals surface area contributed by atoms with Crippen LogP contribution in [-0.4, -0.2) is 12.6 Å². The molecule has 2 rings (SSSR count). The Labute approximate surface area is 111 Å². The molecule has 3 heteroatoms. The molecule has 0 saturated heterocycles. The highest BCUT2D eigenvalue weighted by Crippen LogP contribution is 2.34. The number of aryl methyl sites for hydroxylation is 1. The molecule has 0 aromatic heterocycles. The molecule has 0 bridgehead atoms. The van der Waals surface area contributed by atoms with Gasteiger partial charge in [-0.2, -0.15) is 0 Å². The van der Waals surface area contributed by atoms with E-state index in [1.54, 1.807) is 6.07 Å². The lowest BCUT2D eigenvalue weighted by Gasteiger charge is -2.17. The van der Waals surface area contributed by atoms with Crippen molar-refractivity contribution in [1.82, 2.24) is 5.32 Å². The molecule has 1 atom stereocenters. The van der Waals surface area contributed by atoms with E-state index in [0.717, 1.165) is 30.9 Å². The van der Waals surface area contributed by atoms with Crippen molar-refractivity contribution in [2.75, 3.05) is 6.54 Å². The maximum Gasteiger partial charge on any atom is 0.140 e. The Morgan fingerprint density at radius 1 is 1.47 bits per heavy atom. The van der Waals surface area contributed by atoms with Gasteiger partial charge in [-0.1, -0.05) is 19.1 Å². The molecule has 0 amide bonds. The van der Waals surface area contributed by atoms with E-state index in [0.29, 0.717) is 10.5 Å². The van der Waals surface area contributed by atoms with Crippen molar-refractivity contribution >= 4 is 15.9 Å². The molecule has 1 aromatic carbocycles. The van der Waals surface area contributed by atoms with Crippen molar-refractivity contribution in [3.8, 4) is 0 Å². The molecule has 1 saturated carbocycles. The molecular formula is C14H19BrFN. The zero-order chi connectivity index (χ0) is 12.3. The first-order valence-electron chi connectivity index (χ1n) is 6.38. The molecule has 1 unspecified atom stereocenters. The van der Waals surface area contributed by atoms with Crippen LogP contribution >= 0.6 is 15.9 Å². The highest BCUT2D eigenvalue weighted by Gasteiger charge is 2.30. The smallest absolute Gasteiger partial charge is 0.140 e. The Hall–Kier alpha value is -0.410. The van der Waals surface area contributed by atoms with Crippen LogP contribution in [0.25, 0.3) is 0 Å². The summed E-state index contributed by atoms with van der Waals surface area (Å²) in [5, 5.41) is 3.51. The van der Waals surface area contributed by atoms with Crippen LogP contribution in [0.2, 0.25) is 0 Å².